The first-order valence-electron chi connectivity index (χ1n) is 11.5. The number of rotatable bonds is 11. The number of alkyl halides is 1. The van der Waals surface area contributed by atoms with E-state index in [0.717, 1.165) is 35.7 Å². The Morgan fingerprint density at radius 2 is 1.73 bits per heavy atom. The van der Waals surface area contributed by atoms with Gasteiger partial charge in [0.1, 0.15) is 18.5 Å². The fourth-order valence-corrected chi connectivity index (χ4v) is 4.81. The van der Waals surface area contributed by atoms with Crippen LogP contribution in [0.15, 0.2) is 42.5 Å². The highest BCUT2D eigenvalue weighted by molar-refractivity contribution is 7.99. The minimum atomic E-state index is -0.514. The Morgan fingerprint density at radius 3 is 2.36 bits per heavy atom. The molecule has 0 radical (unpaired) electrons. The zero-order valence-corrected chi connectivity index (χ0v) is 21.3. The minimum absolute atomic E-state index is 0.160. The molecule has 1 fully saturated rings. The van der Waals surface area contributed by atoms with E-state index in [9.17, 15) is 9.50 Å². The van der Waals surface area contributed by atoms with E-state index in [1.807, 2.05) is 49.0 Å². The maximum absolute atomic E-state index is 14.7. The highest BCUT2D eigenvalue weighted by Gasteiger charge is 2.25. The van der Waals surface area contributed by atoms with Gasteiger partial charge < -0.3 is 14.6 Å². The molecule has 0 spiro atoms. The third kappa shape index (κ3) is 7.51. The maximum Gasteiger partial charge on any atom is 0.165 e. The van der Waals surface area contributed by atoms with Gasteiger partial charge in [-0.1, -0.05) is 39.0 Å². The number of nitrogens with zero attached hydrogens (tertiary/aromatic N) is 1. The molecule has 33 heavy (non-hydrogen) atoms. The summed E-state index contributed by atoms with van der Waals surface area (Å²) < 4.78 is 26.0. The van der Waals surface area contributed by atoms with E-state index in [4.69, 9.17) is 21.1 Å². The largest absolute Gasteiger partial charge is 0.491 e. The predicted octanol–water partition coefficient (Wildman–Crippen LogP) is 5.19. The van der Waals surface area contributed by atoms with Crippen LogP contribution in [0.5, 0.6) is 11.5 Å². The molecule has 3 rings (SSSR count). The number of aliphatic hydroxyl groups excluding tert-OH is 1. The van der Waals surface area contributed by atoms with Crippen LogP contribution in [0, 0.1) is 11.7 Å². The smallest absolute Gasteiger partial charge is 0.165 e. The molecule has 2 aromatic rings. The summed E-state index contributed by atoms with van der Waals surface area (Å²) in [6.07, 6.45) is -0.514. The Bertz CT molecular complexity index is 874. The number of β-amino-alcohol motifs (C(OH)–C–C–N with tert-alkyl or cyclic N) is 1. The second kappa shape index (κ2) is 12.3. The van der Waals surface area contributed by atoms with Crippen molar-refractivity contribution < 1.29 is 19.0 Å². The van der Waals surface area contributed by atoms with E-state index < -0.39 is 11.5 Å². The summed E-state index contributed by atoms with van der Waals surface area (Å²) in [5, 5.41) is 10.3. The highest BCUT2D eigenvalue weighted by Crippen LogP contribution is 2.34. The summed E-state index contributed by atoms with van der Waals surface area (Å²) in [6, 6.07) is 12.9. The van der Waals surface area contributed by atoms with Gasteiger partial charge in [-0.05, 0) is 35.4 Å². The van der Waals surface area contributed by atoms with Crippen molar-refractivity contribution in [2.45, 2.75) is 32.3 Å². The molecule has 0 aliphatic carbocycles. The molecule has 1 aliphatic rings. The standard InChI is InChI=1S/C26H35ClFNO3S/c1-19(15-27)17-32-25-9-6-21(14-24(25)28)26(2,3)20-4-7-23(8-5-20)31-18-22(30)16-29-10-12-33-13-11-29/h4-9,14,19,22,30H,10-13,15-18H2,1-3H3. The predicted molar refractivity (Wildman–Crippen MR) is 136 cm³/mol. The molecule has 2 aromatic carbocycles. The molecule has 2 unspecified atom stereocenters. The van der Waals surface area contributed by atoms with Crippen molar-refractivity contribution in [3.05, 3.63) is 59.4 Å². The van der Waals surface area contributed by atoms with Gasteiger partial charge in [0.05, 0.1) is 6.61 Å². The molecule has 182 valence electrons. The van der Waals surface area contributed by atoms with E-state index >= 15 is 0 Å². The van der Waals surface area contributed by atoms with Crippen molar-refractivity contribution in [2.75, 3.05) is 50.2 Å². The van der Waals surface area contributed by atoms with Gasteiger partial charge in [0.25, 0.3) is 0 Å². The lowest BCUT2D eigenvalue weighted by molar-refractivity contribution is 0.0715. The zero-order valence-electron chi connectivity index (χ0n) is 19.7. The summed E-state index contributed by atoms with van der Waals surface area (Å²) in [7, 11) is 0. The van der Waals surface area contributed by atoms with Gasteiger partial charge in [-0.15, -0.1) is 11.6 Å². The van der Waals surface area contributed by atoms with Crippen LogP contribution >= 0.6 is 23.4 Å². The number of halogens is 2. The topological polar surface area (TPSA) is 41.9 Å². The summed E-state index contributed by atoms with van der Waals surface area (Å²) in [6.45, 7) is 9.42. The molecular weight excluding hydrogens is 461 g/mol. The van der Waals surface area contributed by atoms with Gasteiger partial charge in [0.2, 0.25) is 0 Å². The Labute approximate surface area is 206 Å². The van der Waals surface area contributed by atoms with Crippen LogP contribution in [0.4, 0.5) is 4.39 Å². The van der Waals surface area contributed by atoms with Crippen molar-refractivity contribution >= 4 is 23.4 Å². The van der Waals surface area contributed by atoms with Crippen molar-refractivity contribution in [2.24, 2.45) is 5.92 Å². The van der Waals surface area contributed by atoms with Crippen LogP contribution in [0.3, 0.4) is 0 Å². The van der Waals surface area contributed by atoms with Crippen molar-refractivity contribution in [1.29, 1.82) is 0 Å². The molecular formula is C26H35ClFNO3S. The first kappa shape index (κ1) is 26.1. The van der Waals surface area contributed by atoms with Crippen LogP contribution in [0.25, 0.3) is 0 Å². The van der Waals surface area contributed by atoms with Gasteiger partial charge >= 0.3 is 0 Å². The van der Waals surface area contributed by atoms with Crippen LogP contribution in [0.2, 0.25) is 0 Å². The molecule has 0 bridgehead atoms. The monoisotopic (exact) mass is 495 g/mol. The number of benzene rings is 2. The van der Waals surface area contributed by atoms with Crippen LogP contribution in [-0.2, 0) is 5.41 Å². The van der Waals surface area contributed by atoms with E-state index in [1.54, 1.807) is 12.1 Å². The molecule has 0 aromatic heterocycles. The summed E-state index contributed by atoms with van der Waals surface area (Å²) >= 11 is 7.76. The van der Waals surface area contributed by atoms with Gasteiger partial charge in [0, 0.05) is 48.4 Å². The maximum atomic E-state index is 14.7. The quantitative estimate of drug-likeness (QED) is 0.434. The fraction of sp³-hybridized carbons (Fsp3) is 0.538. The summed E-state index contributed by atoms with van der Waals surface area (Å²) in [5.74, 6) is 3.47. The first-order chi connectivity index (χ1) is 15.8. The molecule has 1 aliphatic heterocycles. The lowest BCUT2D eigenvalue weighted by Crippen LogP contribution is -2.40. The Kier molecular flexibility index (Phi) is 9.74. The number of hydrogen-bond acceptors (Lipinski definition) is 5. The molecule has 0 amide bonds. The molecule has 0 saturated carbocycles. The second-order valence-corrected chi connectivity index (χ2v) is 10.8. The Balaban J connectivity index is 1.57. The average Bonchev–Trinajstić information content (AvgIpc) is 2.82. The third-order valence-corrected chi connectivity index (χ3v) is 7.50. The molecule has 1 N–H and O–H groups in total. The van der Waals surface area contributed by atoms with E-state index in [1.165, 1.54) is 0 Å². The van der Waals surface area contributed by atoms with Gasteiger partial charge in [-0.25, -0.2) is 4.39 Å². The number of thioether (sulfide) groups is 1. The fourth-order valence-electron chi connectivity index (χ4n) is 3.74. The van der Waals surface area contributed by atoms with Crippen LogP contribution < -0.4 is 9.47 Å². The van der Waals surface area contributed by atoms with E-state index in [2.05, 4.69) is 18.7 Å². The van der Waals surface area contributed by atoms with Gasteiger partial charge in [-0.2, -0.15) is 11.8 Å². The van der Waals surface area contributed by atoms with Gasteiger partial charge in [-0.3, -0.25) is 4.90 Å². The van der Waals surface area contributed by atoms with Crippen molar-refractivity contribution in [1.82, 2.24) is 4.90 Å². The zero-order chi connectivity index (χ0) is 23.8. The van der Waals surface area contributed by atoms with Crippen LogP contribution in [0.1, 0.15) is 31.9 Å². The molecule has 4 nitrogen and oxygen atoms in total. The lowest BCUT2D eigenvalue weighted by Gasteiger charge is -2.28. The van der Waals surface area contributed by atoms with E-state index in [-0.39, 0.29) is 24.1 Å². The van der Waals surface area contributed by atoms with Crippen molar-refractivity contribution in [3.63, 3.8) is 0 Å². The SMILES string of the molecule is CC(CCl)COc1ccc(C(C)(C)c2ccc(OCC(O)CN3CCSCC3)cc2)cc1F. The minimum Gasteiger partial charge on any atom is -0.491 e. The molecule has 2 atom stereocenters. The molecule has 7 heteroatoms. The third-order valence-electron chi connectivity index (χ3n) is 6.03. The number of hydrogen-bond donors (Lipinski definition) is 1. The first-order valence-corrected chi connectivity index (χ1v) is 13.2. The van der Waals surface area contributed by atoms with Crippen LogP contribution in [-0.4, -0.2) is 66.3 Å². The van der Waals surface area contributed by atoms with E-state index in [0.29, 0.717) is 24.8 Å². The Morgan fingerprint density at radius 1 is 1.06 bits per heavy atom. The number of aliphatic hydroxyl groups is 1. The Hall–Kier alpha value is -1.47. The summed E-state index contributed by atoms with van der Waals surface area (Å²) in [5.41, 5.74) is 1.51. The lowest BCUT2D eigenvalue weighted by atomic mass is 9.78. The molecule has 1 heterocycles. The molecule has 1 saturated heterocycles. The normalized spacial score (nSPS) is 16.9. The van der Waals surface area contributed by atoms with Crippen molar-refractivity contribution in [3.8, 4) is 11.5 Å². The van der Waals surface area contributed by atoms with Gasteiger partial charge in [0.15, 0.2) is 11.6 Å². The number of ether oxygens (including phenoxy) is 2. The second-order valence-electron chi connectivity index (χ2n) is 9.24. The average molecular weight is 496 g/mol. The highest BCUT2D eigenvalue weighted by atomic mass is 35.5. The summed E-state index contributed by atoms with van der Waals surface area (Å²) in [4.78, 5) is 2.28.